The van der Waals surface area contributed by atoms with E-state index in [9.17, 15) is 13.2 Å². The highest BCUT2D eigenvalue weighted by Crippen LogP contribution is 2.18. The summed E-state index contributed by atoms with van der Waals surface area (Å²) in [5, 5.41) is 3.73. The Bertz CT molecular complexity index is 603. The second-order valence-corrected chi connectivity index (χ2v) is 7.58. The van der Waals surface area contributed by atoms with Crippen molar-refractivity contribution in [3.63, 3.8) is 0 Å². The quantitative estimate of drug-likeness (QED) is 0.818. The van der Waals surface area contributed by atoms with Crippen molar-refractivity contribution < 1.29 is 17.7 Å². The summed E-state index contributed by atoms with van der Waals surface area (Å²) in [5.74, 6) is 0.752. The van der Waals surface area contributed by atoms with Crippen LogP contribution in [0.15, 0.2) is 10.6 Å². The van der Waals surface area contributed by atoms with Gasteiger partial charge in [0, 0.05) is 32.1 Å². The molecule has 0 unspecified atom stereocenters. The van der Waals surface area contributed by atoms with Crippen molar-refractivity contribution in [3.05, 3.63) is 11.8 Å². The van der Waals surface area contributed by atoms with Gasteiger partial charge in [0.15, 0.2) is 5.82 Å². The fourth-order valence-electron chi connectivity index (χ4n) is 2.60. The smallest absolute Gasteiger partial charge is 0.233 e. The van der Waals surface area contributed by atoms with Crippen molar-refractivity contribution >= 4 is 21.7 Å². The number of rotatable bonds is 5. The average Bonchev–Trinajstić information content (AvgIpc) is 2.70. The van der Waals surface area contributed by atoms with Crippen LogP contribution in [0.5, 0.6) is 0 Å². The second-order valence-electron chi connectivity index (χ2n) is 5.68. The molecule has 0 saturated carbocycles. The maximum absolute atomic E-state index is 12.3. The molecule has 0 spiro atoms. The largest absolute Gasteiger partial charge is 0.360 e. The Balaban J connectivity index is 2.00. The lowest BCUT2D eigenvalue weighted by Crippen LogP contribution is -2.37. The maximum atomic E-state index is 12.3. The molecule has 22 heavy (non-hydrogen) atoms. The molecule has 1 aliphatic rings. The molecule has 0 aromatic carbocycles. The van der Waals surface area contributed by atoms with E-state index in [0.717, 1.165) is 49.3 Å². The number of hydrogen-bond acceptors (Lipinski definition) is 5. The van der Waals surface area contributed by atoms with Crippen LogP contribution in [0.25, 0.3) is 0 Å². The molecular weight excluding hydrogens is 306 g/mol. The fraction of sp³-hybridized carbons (Fsp3) is 0.714. The molecule has 1 saturated heterocycles. The number of nitrogens with zero attached hydrogens (tertiary/aromatic N) is 3. The molecule has 1 aromatic rings. The van der Waals surface area contributed by atoms with Crippen LogP contribution in [0.2, 0.25) is 0 Å². The molecule has 1 amide bonds. The number of carbonyl (C=O) groups excluding carboxylic acids is 1. The van der Waals surface area contributed by atoms with E-state index in [1.807, 2.05) is 4.90 Å². The van der Waals surface area contributed by atoms with Crippen LogP contribution in [-0.4, -0.2) is 50.3 Å². The van der Waals surface area contributed by atoms with Crippen LogP contribution < -0.4 is 4.31 Å². The summed E-state index contributed by atoms with van der Waals surface area (Å²) >= 11 is 0. The number of aryl methyl sites for hydroxylation is 1. The number of amides is 1. The monoisotopic (exact) mass is 329 g/mol. The van der Waals surface area contributed by atoms with Crippen LogP contribution >= 0.6 is 0 Å². The van der Waals surface area contributed by atoms with Crippen molar-refractivity contribution in [2.24, 2.45) is 0 Å². The average molecular weight is 329 g/mol. The molecular formula is C14H23N3O4S. The number of likely N-dealkylation sites (tertiary alicyclic amines) is 1. The van der Waals surface area contributed by atoms with E-state index >= 15 is 0 Å². The normalized spacial score (nSPS) is 16.4. The number of hydrogen-bond donors (Lipinski definition) is 0. The van der Waals surface area contributed by atoms with Gasteiger partial charge in [-0.25, -0.2) is 8.42 Å². The fourth-order valence-corrected chi connectivity index (χ4v) is 3.45. The summed E-state index contributed by atoms with van der Waals surface area (Å²) in [7, 11) is -3.50. The Labute approximate surface area is 131 Å². The van der Waals surface area contributed by atoms with E-state index in [-0.39, 0.29) is 24.7 Å². The van der Waals surface area contributed by atoms with Gasteiger partial charge in [-0.05, 0) is 19.8 Å². The molecule has 1 aromatic heterocycles. The van der Waals surface area contributed by atoms with E-state index in [2.05, 4.69) is 5.16 Å². The van der Waals surface area contributed by atoms with Crippen LogP contribution in [-0.2, 0) is 14.8 Å². The zero-order valence-electron chi connectivity index (χ0n) is 13.1. The van der Waals surface area contributed by atoms with E-state index < -0.39 is 10.0 Å². The maximum Gasteiger partial charge on any atom is 0.233 e. The Morgan fingerprint density at radius 2 is 1.95 bits per heavy atom. The minimum absolute atomic E-state index is 0.00392. The first-order valence-electron chi connectivity index (χ1n) is 7.57. The summed E-state index contributed by atoms with van der Waals surface area (Å²) in [5.41, 5.74) is 0. The van der Waals surface area contributed by atoms with Gasteiger partial charge in [-0.15, -0.1) is 0 Å². The Hall–Kier alpha value is -1.57. The van der Waals surface area contributed by atoms with Gasteiger partial charge in [0.05, 0.1) is 6.26 Å². The van der Waals surface area contributed by atoms with Gasteiger partial charge >= 0.3 is 0 Å². The molecule has 8 heteroatoms. The van der Waals surface area contributed by atoms with Crippen molar-refractivity contribution in [3.8, 4) is 0 Å². The molecule has 1 aliphatic heterocycles. The van der Waals surface area contributed by atoms with Gasteiger partial charge in [-0.3, -0.25) is 9.10 Å². The predicted molar refractivity (Wildman–Crippen MR) is 83.1 cm³/mol. The third-order valence-corrected chi connectivity index (χ3v) is 4.93. The minimum atomic E-state index is -3.50. The number of anilines is 1. The third-order valence-electron chi connectivity index (χ3n) is 3.76. The number of aromatic nitrogens is 1. The molecule has 0 radical (unpaired) electrons. The van der Waals surface area contributed by atoms with Crippen LogP contribution in [0.3, 0.4) is 0 Å². The summed E-state index contributed by atoms with van der Waals surface area (Å²) in [6.07, 6.45) is 5.59. The van der Waals surface area contributed by atoms with Crippen molar-refractivity contribution in [1.29, 1.82) is 0 Å². The van der Waals surface area contributed by atoms with Gasteiger partial charge in [0.2, 0.25) is 15.9 Å². The SMILES string of the molecule is Cc1cc(N(CCC(=O)N2CCCCCC2)S(C)(=O)=O)no1. The molecule has 124 valence electrons. The zero-order chi connectivity index (χ0) is 16.2. The van der Waals surface area contributed by atoms with Gasteiger partial charge in [-0.2, -0.15) is 0 Å². The summed E-state index contributed by atoms with van der Waals surface area (Å²) in [6, 6.07) is 1.55. The molecule has 2 heterocycles. The van der Waals surface area contributed by atoms with E-state index in [1.54, 1.807) is 13.0 Å². The Morgan fingerprint density at radius 3 is 2.45 bits per heavy atom. The van der Waals surface area contributed by atoms with E-state index in [0.29, 0.717) is 5.76 Å². The van der Waals surface area contributed by atoms with Gasteiger partial charge in [0.25, 0.3) is 0 Å². The third kappa shape index (κ3) is 4.46. The Morgan fingerprint density at radius 1 is 1.32 bits per heavy atom. The van der Waals surface area contributed by atoms with E-state index in [4.69, 9.17) is 4.52 Å². The lowest BCUT2D eigenvalue weighted by molar-refractivity contribution is -0.130. The van der Waals surface area contributed by atoms with Crippen molar-refractivity contribution in [2.45, 2.75) is 39.0 Å². The summed E-state index contributed by atoms with van der Waals surface area (Å²) in [4.78, 5) is 14.1. The van der Waals surface area contributed by atoms with Crippen molar-refractivity contribution in [1.82, 2.24) is 10.1 Å². The molecule has 1 fully saturated rings. The standard InChI is InChI=1S/C14H23N3O4S/c1-12-11-13(15-21-12)17(22(2,19)20)10-7-14(18)16-8-5-3-4-6-9-16/h11H,3-10H2,1-2H3. The second kappa shape index (κ2) is 7.13. The van der Waals surface area contributed by atoms with Gasteiger partial charge in [0.1, 0.15) is 5.76 Å². The highest BCUT2D eigenvalue weighted by Gasteiger charge is 2.23. The first-order chi connectivity index (χ1) is 10.4. The van der Waals surface area contributed by atoms with Gasteiger partial charge in [-0.1, -0.05) is 18.0 Å². The molecule has 7 nitrogen and oxygen atoms in total. The van der Waals surface area contributed by atoms with Crippen molar-refractivity contribution in [2.75, 3.05) is 30.2 Å². The first-order valence-corrected chi connectivity index (χ1v) is 9.41. The highest BCUT2D eigenvalue weighted by atomic mass is 32.2. The first kappa shape index (κ1) is 16.8. The minimum Gasteiger partial charge on any atom is -0.360 e. The molecule has 0 bridgehead atoms. The Kier molecular flexibility index (Phi) is 5.44. The van der Waals surface area contributed by atoms with Crippen LogP contribution in [0.1, 0.15) is 37.9 Å². The molecule has 0 aliphatic carbocycles. The van der Waals surface area contributed by atoms with Crippen LogP contribution in [0, 0.1) is 6.92 Å². The van der Waals surface area contributed by atoms with E-state index in [1.165, 1.54) is 0 Å². The predicted octanol–water partition coefficient (Wildman–Crippen LogP) is 1.54. The lowest BCUT2D eigenvalue weighted by Gasteiger charge is -2.23. The van der Waals surface area contributed by atoms with Gasteiger partial charge < -0.3 is 9.42 Å². The summed E-state index contributed by atoms with van der Waals surface area (Å²) in [6.45, 7) is 3.31. The molecule has 0 N–H and O–H groups in total. The highest BCUT2D eigenvalue weighted by molar-refractivity contribution is 7.92. The van der Waals surface area contributed by atoms with Crippen LogP contribution in [0.4, 0.5) is 5.82 Å². The summed E-state index contributed by atoms with van der Waals surface area (Å²) < 4.78 is 29.9. The number of carbonyl (C=O) groups is 1. The lowest BCUT2D eigenvalue weighted by atomic mass is 10.2. The topological polar surface area (TPSA) is 83.7 Å². The number of sulfonamides is 1. The molecule has 2 rings (SSSR count). The molecule has 0 atom stereocenters. The zero-order valence-corrected chi connectivity index (χ0v) is 13.9.